The standard InChI is InChI=1S/C16H24N4O3/c1-17-16-18-12-7-15(14(22-3)8-13(12)19(16)2)23-10-11(21)9-20-5-4-6-20/h7-8,11,21H,4-6,9-10H2,1-3H3,(H,17,18)/t11-/m1/s1. The van der Waals surface area contributed by atoms with Crippen LogP contribution in [0.4, 0.5) is 5.95 Å². The number of imidazole rings is 1. The summed E-state index contributed by atoms with van der Waals surface area (Å²) in [6.07, 6.45) is 0.707. The zero-order valence-corrected chi connectivity index (χ0v) is 13.9. The molecule has 2 aromatic rings. The number of aliphatic hydroxyl groups excluding tert-OH is 1. The van der Waals surface area contributed by atoms with Crippen LogP contribution in [0.25, 0.3) is 11.0 Å². The summed E-state index contributed by atoms with van der Waals surface area (Å²) in [5.74, 6) is 2.01. The van der Waals surface area contributed by atoms with E-state index in [1.54, 1.807) is 7.11 Å². The van der Waals surface area contributed by atoms with E-state index in [1.165, 1.54) is 6.42 Å². The number of likely N-dealkylation sites (tertiary alicyclic amines) is 1. The van der Waals surface area contributed by atoms with Crippen LogP contribution in [0.15, 0.2) is 12.1 Å². The van der Waals surface area contributed by atoms with Crippen LogP contribution in [0.1, 0.15) is 6.42 Å². The molecule has 126 valence electrons. The average molecular weight is 320 g/mol. The molecule has 1 aromatic heterocycles. The maximum atomic E-state index is 10.1. The second-order valence-corrected chi connectivity index (χ2v) is 5.86. The maximum Gasteiger partial charge on any atom is 0.203 e. The van der Waals surface area contributed by atoms with Crippen molar-refractivity contribution in [3.05, 3.63) is 12.1 Å². The van der Waals surface area contributed by atoms with Gasteiger partial charge in [-0.15, -0.1) is 0 Å². The van der Waals surface area contributed by atoms with E-state index >= 15 is 0 Å². The number of fused-ring (bicyclic) bond motifs is 1. The van der Waals surface area contributed by atoms with Crippen LogP contribution in [-0.2, 0) is 7.05 Å². The number of hydrogen-bond donors (Lipinski definition) is 2. The van der Waals surface area contributed by atoms with E-state index in [-0.39, 0.29) is 6.61 Å². The lowest BCUT2D eigenvalue weighted by molar-refractivity contribution is 0.0460. The Balaban J connectivity index is 1.75. The van der Waals surface area contributed by atoms with Gasteiger partial charge in [0.05, 0.1) is 18.1 Å². The van der Waals surface area contributed by atoms with Crippen LogP contribution in [0.3, 0.4) is 0 Å². The Labute approximate surface area is 135 Å². The van der Waals surface area contributed by atoms with Gasteiger partial charge in [-0.1, -0.05) is 0 Å². The molecule has 0 amide bonds. The number of nitrogens with zero attached hydrogens (tertiary/aromatic N) is 3. The third-order valence-corrected chi connectivity index (χ3v) is 4.24. The number of β-amino-alcohol motifs (C(OH)–C–C–N with tert-alkyl or cyclic N) is 1. The Morgan fingerprint density at radius 1 is 1.35 bits per heavy atom. The number of methoxy groups -OCH3 is 1. The molecule has 0 bridgehead atoms. The average Bonchev–Trinajstić information content (AvgIpc) is 2.83. The molecule has 2 heterocycles. The van der Waals surface area contributed by atoms with Gasteiger partial charge in [0.15, 0.2) is 11.5 Å². The minimum absolute atomic E-state index is 0.240. The Hall–Kier alpha value is -1.99. The van der Waals surface area contributed by atoms with Gasteiger partial charge < -0.3 is 29.4 Å². The molecular weight excluding hydrogens is 296 g/mol. The van der Waals surface area contributed by atoms with Crippen molar-refractivity contribution in [3.8, 4) is 11.5 Å². The summed E-state index contributed by atoms with van der Waals surface area (Å²) >= 11 is 0. The molecule has 0 radical (unpaired) electrons. The number of aliphatic hydroxyl groups is 1. The zero-order chi connectivity index (χ0) is 16.4. The molecule has 0 aliphatic carbocycles. The highest BCUT2D eigenvalue weighted by atomic mass is 16.5. The summed E-state index contributed by atoms with van der Waals surface area (Å²) < 4.78 is 13.2. The fourth-order valence-electron chi connectivity index (χ4n) is 2.80. The van der Waals surface area contributed by atoms with Crippen molar-refractivity contribution in [2.75, 3.05) is 45.7 Å². The molecule has 3 rings (SSSR count). The van der Waals surface area contributed by atoms with Crippen molar-refractivity contribution in [1.29, 1.82) is 0 Å². The molecule has 1 aliphatic rings. The highest BCUT2D eigenvalue weighted by Crippen LogP contribution is 2.33. The van der Waals surface area contributed by atoms with Crippen LogP contribution >= 0.6 is 0 Å². The molecule has 1 aliphatic heterocycles. The minimum atomic E-state index is -0.507. The molecule has 7 heteroatoms. The Morgan fingerprint density at radius 3 is 2.74 bits per heavy atom. The van der Waals surface area contributed by atoms with Crippen molar-refractivity contribution in [2.24, 2.45) is 7.05 Å². The summed E-state index contributed by atoms with van der Waals surface area (Å²) in [7, 11) is 5.39. The molecule has 7 nitrogen and oxygen atoms in total. The summed E-state index contributed by atoms with van der Waals surface area (Å²) in [5, 5.41) is 13.1. The van der Waals surface area contributed by atoms with Crippen LogP contribution in [0.5, 0.6) is 11.5 Å². The first-order valence-corrected chi connectivity index (χ1v) is 7.87. The number of rotatable bonds is 7. The first-order valence-electron chi connectivity index (χ1n) is 7.87. The van der Waals surface area contributed by atoms with E-state index in [2.05, 4.69) is 15.2 Å². The first-order chi connectivity index (χ1) is 11.1. The third kappa shape index (κ3) is 3.20. The van der Waals surface area contributed by atoms with E-state index in [9.17, 15) is 5.11 Å². The molecule has 1 fully saturated rings. The Bertz CT molecular complexity index is 682. The lowest BCUT2D eigenvalue weighted by atomic mass is 10.2. The van der Waals surface area contributed by atoms with Gasteiger partial charge in [-0.25, -0.2) is 4.98 Å². The molecule has 0 unspecified atom stereocenters. The van der Waals surface area contributed by atoms with Crippen molar-refractivity contribution in [2.45, 2.75) is 12.5 Å². The number of benzene rings is 1. The molecule has 1 saturated heterocycles. The van der Waals surface area contributed by atoms with Crippen LogP contribution in [-0.4, -0.2) is 66.1 Å². The number of anilines is 1. The molecule has 23 heavy (non-hydrogen) atoms. The van der Waals surface area contributed by atoms with Gasteiger partial charge in [-0.2, -0.15) is 0 Å². The van der Waals surface area contributed by atoms with E-state index in [4.69, 9.17) is 9.47 Å². The topological polar surface area (TPSA) is 71.8 Å². The van der Waals surface area contributed by atoms with Gasteiger partial charge >= 0.3 is 0 Å². The van der Waals surface area contributed by atoms with Crippen molar-refractivity contribution in [3.63, 3.8) is 0 Å². The number of ether oxygens (including phenoxy) is 2. The van der Waals surface area contributed by atoms with E-state index < -0.39 is 6.10 Å². The SMILES string of the molecule is CNc1nc2cc(OC[C@H](O)CN3CCC3)c(OC)cc2n1C. The van der Waals surface area contributed by atoms with Crippen molar-refractivity contribution < 1.29 is 14.6 Å². The smallest absolute Gasteiger partial charge is 0.203 e. The van der Waals surface area contributed by atoms with E-state index in [1.807, 2.05) is 30.8 Å². The second-order valence-electron chi connectivity index (χ2n) is 5.86. The predicted octanol–water partition coefficient (Wildman–Crippen LogP) is 1.07. The number of hydrogen-bond acceptors (Lipinski definition) is 6. The van der Waals surface area contributed by atoms with Gasteiger partial charge in [0, 0.05) is 32.8 Å². The summed E-state index contributed by atoms with van der Waals surface area (Å²) in [4.78, 5) is 6.72. The Kier molecular flexibility index (Phi) is 4.58. The van der Waals surface area contributed by atoms with Gasteiger partial charge in [0.2, 0.25) is 5.95 Å². The molecular formula is C16H24N4O3. The fourth-order valence-corrected chi connectivity index (χ4v) is 2.80. The monoisotopic (exact) mass is 320 g/mol. The van der Waals surface area contributed by atoms with Crippen LogP contribution in [0.2, 0.25) is 0 Å². The molecule has 0 spiro atoms. The maximum absolute atomic E-state index is 10.1. The van der Waals surface area contributed by atoms with Crippen molar-refractivity contribution >= 4 is 17.0 Å². The minimum Gasteiger partial charge on any atom is -0.493 e. The summed E-state index contributed by atoms with van der Waals surface area (Å²) in [5.41, 5.74) is 1.78. The third-order valence-electron chi connectivity index (χ3n) is 4.24. The first kappa shape index (κ1) is 15.9. The van der Waals surface area contributed by atoms with E-state index in [0.717, 1.165) is 30.1 Å². The highest BCUT2D eigenvalue weighted by Gasteiger charge is 2.19. The second kappa shape index (κ2) is 6.64. The zero-order valence-electron chi connectivity index (χ0n) is 13.9. The molecule has 2 N–H and O–H groups in total. The Morgan fingerprint density at radius 2 is 2.13 bits per heavy atom. The van der Waals surface area contributed by atoms with Crippen LogP contribution in [0, 0.1) is 0 Å². The van der Waals surface area contributed by atoms with Crippen LogP contribution < -0.4 is 14.8 Å². The van der Waals surface area contributed by atoms with E-state index in [0.29, 0.717) is 18.0 Å². The van der Waals surface area contributed by atoms with Gasteiger partial charge in [-0.05, 0) is 19.5 Å². The van der Waals surface area contributed by atoms with Gasteiger partial charge in [-0.3, -0.25) is 0 Å². The summed E-state index contributed by atoms with van der Waals surface area (Å²) in [6, 6.07) is 3.76. The normalized spacial score (nSPS) is 16.2. The molecule has 1 aromatic carbocycles. The van der Waals surface area contributed by atoms with Crippen molar-refractivity contribution in [1.82, 2.24) is 14.5 Å². The highest BCUT2D eigenvalue weighted by molar-refractivity contribution is 5.82. The lowest BCUT2D eigenvalue weighted by Gasteiger charge is -2.32. The molecule has 0 saturated carbocycles. The summed E-state index contributed by atoms with van der Waals surface area (Å²) in [6.45, 7) is 3.02. The number of aryl methyl sites for hydroxylation is 1. The van der Waals surface area contributed by atoms with Gasteiger partial charge in [0.25, 0.3) is 0 Å². The van der Waals surface area contributed by atoms with Gasteiger partial charge in [0.1, 0.15) is 12.7 Å². The predicted molar refractivity (Wildman–Crippen MR) is 89.4 cm³/mol. The largest absolute Gasteiger partial charge is 0.493 e. The lowest BCUT2D eigenvalue weighted by Crippen LogP contribution is -2.43. The molecule has 1 atom stereocenters. The number of nitrogens with one attached hydrogen (secondary N) is 1. The number of aromatic nitrogens is 2. The quantitative estimate of drug-likeness (QED) is 0.795. The fraction of sp³-hybridized carbons (Fsp3) is 0.562.